The van der Waals surface area contributed by atoms with E-state index in [-0.39, 0.29) is 0 Å². The molecule has 0 aliphatic rings. The van der Waals surface area contributed by atoms with Crippen molar-refractivity contribution in [3.05, 3.63) is 54.6 Å². The van der Waals surface area contributed by atoms with Crippen LogP contribution in [-0.4, -0.2) is 12.7 Å². The summed E-state index contributed by atoms with van der Waals surface area (Å²) < 4.78 is 10.5. The highest BCUT2D eigenvalue weighted by atomic mass is 16.6. The molecule has 1 amide bonds. The number of hydrogen-bond acceptors (Lipinski definition) is 3. The summed E-state index contributed by atoms with van der Waals surface area (Å²) in [5, 5.41) is 2.65. The van der Waals surface area contributed by atoms with Gasteiger partial charge in [-0.2, -0.15) is 0 Å². The summed E-state index contributed by atoms with van der Waals surface area (Å²) >= 11 is 0. The maximum Gasteiger partial charge on any atom is 0.417 e. The van der Waals surface area contributed by atoms with Gasteiger partial charge in [0, 0.05) is 11.8 Å². The van der Waals surface area contributed by atoms with Crippen molar-refractivity contribution in [3.63, 3.8) is 0 Å². The Labute approximate surface area is 112 Å². The van der Waals surface area contributed by atoms with Crippen molar-refractivity contribution in [2.24, 2.45) is 0 Å². The lowest BCUT2D eigenvalue weighted by Crippen LogP contribution is -2.16. The number of ether oxygens (including phenoxy) is 2. The van der Waals surface area contributed by atoms with Crippen LogP contribution in [0.1, 0.15) is 6.92 Å². The van der Waals surface area contributed by atoms with Crippen molar-refractivity contribution in [2.45, 2.75) is 6.92 Å². The van der Waals surface area contributed by atoms with Gasteiger partial charge in [0.05, 0.1) is 6.61 Å². The van der Waals surface area contributed by atoms with Crippen molar-refractivity contribution in [1.82, 2.24) is 0 Å². The summed E-state index contributed by atoms with van der Waals surface area (Å²) in [5.41, 5.74) is 0.631. The van der Waals surface area contributed by atoms with E-state index in [1.54, 1.807) is 36.4 Å². The van der Waals surface area contributed by atoms with Crippen LogP contribution in [0.4, 0.5) is 10.5 Å². The molecule has 0 aromatic heterocycles. The highest BCUT2D eigenvalue weighted by molar-refractivity contribution is 5.86. The Morgan fingerprint density at radius 1 is 1.05 bits per heavy atom. The Hall–Kier alpha value is -2.49. The highest BCUT2D eigenvalue weighted by Crippen LogP contribution is 2.18. The van der Waals surface area contributed by atoms with Gasteiger partial charge in [-0.1, -0.05) is 24.3 Å². The number of carbonyl (C=O) groups excluding carboxylic acids is 1. The van der Waals surface area contributed by atoms with Crippen LogP contribution in [0.5, 0.6) is 11.5 Å². The van der Waals surface area contributed by atoms with Crippen LogP contribution in [0.2, 0.25) is 0 Å². The molecule has 0 saturated carbocycles. The van der Waals surface area contributed by atoms with Gasteiger partial charge < -0.3 is 9.47 Å². The van der Waals surface area contributed by atoms with Gasteiger partial charge in [-0.15, -0.1) is 0 Å². The van der Waals surface area contributed by atoms with E-state index in [0.717, 1.165) is 0 Å². The zero-order valence-corrected chi connectivity index (χ0v) is 10.6. The molecule has 0 saturated heterocycles. The van der Waals surface area contributed by atoms with Crippen molar-refractivity contribution in [3.8, 4) is 11.5 Å². The SMILES string of the molecule is CCOc1cccc(NC(=O)Oc2ccccc2)c1. The molecule has 1 N–H and O–H groups in total. The number of rotatable bonds is 4. The molecule has 2 rings (SSSR count). The largest absolute Gasteiger partial charge is 0.494 e. The second kappa shape index (κ2) is 6.44. The third kappa shape index (κ3) is 4.03. The predicted molar refractivity (Wildman–Crippen MR) is 73.7 cm³/mol. The van der Waals surface area contributed by atoms with Crippen LogP contribution in [0.25, 0.3) is 0 Å². The Morgan fingerprint density at radius 2 is 1.79 bits per heavy atom. The molecule has 4 nitrogen and oxygen atoms in total. The lowest BCUT2D eigenvalue weighted by Gasteiger charge is -2.08. The number of carbonyl (C=O) groups is 1. The van der Waals surface area contributed by atoms with E-state index >= 15 is 0 Å². The van der Waals surface area contributed by atoms with E-state index in [1.165, 1.54) is 0 Å². The fourth-order valence-corrected chi connectivity index (χ4v) is 1.57. The minimum Gasteiger partial charge on any atom is -0.494 e. The summed E-state index contributed by atoms with van der Waals surface area (Å²) in [7, 11) is 0. The van der Waals surface area contributed by atoms with Crippen LogP contribution >= 0.6 is 0 Å². The number of hydrogen-bond donors (Lipinski definition) is 1. The van der Waals surface area contributed by atoms with E-state index in [4.69, 9.17) is 9.47 Å². The summed E-state index contributed by atoms with van der Waals surface area (Å²) in [6, 6.07) is 16.1. The lowest BCUT2D eigenvalue weighted by molar-refractivity contribution is 0.215. The first-order chi connectivity index (χ1) is 9.28. The van der Waals surface area contributed by atoms with Crippen LogP contribution in [-0.2, 0) is 0 Å². The highest BCUT2D eigenvalue weighted by Gasteiger charge is 2.05. The van der Waals surface area contributed by atoms with Gasteiger partial charge >= 0.3 is 6.09 Å². The minimum atomic E-state index is -0.528. The molecule has 0 aliphatic heterocycles. The average molecular weight is 257 g/mol. The molecule has 0 spiro atoms. The molecule has 2 aromatic carbocycles. The Bertz CT molecular complexity index is 540. The maximum absolute atomic E-state index is 11.7. The average Bonchev–Trinajstić information content (AvgIpc) is 2.40. The normalized spacial score (nSPS) is 9.74. The molecule has 0 bridgehead atoms. The molecule has 2 aromatic rings. The molecule has 0 unspecified atom stereocenters. The van der Waals surface area contributed by atoms with E-state index in [2.05, 4.69) is 5.32 Å². The fraction of sp³-hybridized carbons (Fsp3) is 0.133. The minimum absolute atomic E-state index is 0.501. The Morgan fingerprint density at radius 3 is 2.53 bits per heavy atom. The van der Waals surface area contributed by atoms with Crippen LogP contribution < -0.4 is 14.8 Å². The summed E-state index contributed by atoms with van der Waals surface area (Å²) in [5.74, 6) is 1.21. The first-order valence-electron chi connectivity index (χ1n) is 6.04. The third-order valence-electron chi connectivity index (χ3n) is 2.35. The van der Waals surface area contributed by atoms with Crippen molar-refractivity contribution in [2.75, 3.05) is 11.9 Å². The van der Waals surface area contributed by atoms with Crippen molar-refractivity contribution >= 4 is 11.8 Å². The maximum atomic E-state index is 11.7. The molecule has 0 atom stereocenters. The van der Waals surface area contributed by atoms with Gasteiger partial charge in [-0.25, -0.2) is 4.79 Å². The molecule has 0 fully saturated rings. The number of amides is 1. The van der Waals surface area contributed by atoms with Gasteiger partial charge in [0.25, 0.3) is 0 Å². The number of benzene rings is 2. The summed E-state index contributed by atoms with van der Waals surface area (Å²) in [6.07, 6.45) is -0.528. The standard InChI is InChI=1S/C15H15NO3/c1-2-18-14-10-6-7-12(11-14)16-15(17)19-13-8-4-3-5-9-13/h3-11H,2H2,1H3,(H,16,17). The number of para-hydroxylation sites is 1. The zero-order valence-electron chi connectivity index (χ0n) is 10.6. The fourth-order valence-electron chi connectivity index (χ4n) is 1.57. The van der Waals surface area contributed by atoms with Gasteiger partial charge in [0.2, 0.25) is 0 Å². The topological polar surface area (TPSA) is 47.6 Å². The first-order valence-corrected chi connectivity index (χ1v) is 6.04. The molecule has 0 radical (unpaired) electrons. The second-order valence-electron chi connectivity index (χ2n) is 3.79. The van der Waals surface area contributed by atoms with Gasteiger partial charge in [-0.3, -0.25) is 5.32 Å². The van der Waals surface area contributed by atoms with E-state index in [1.807, 2.05) is 25.1 Å². The first kappa shape index (κ1) is 13.0. The molecule has 19 heavy (non-hydrogen) atoms. The van der Waals surface area contributed by atoms with Crippen LogP contribution in [0, 0.1) is 0 Å². The van der Waals surface area contributed by atoms with Crippen molar-refractivity contribution in [1.29, 1.82) is 0 Å². The van der Waals surface area contributed by atoms with Crippen LogP contribution in [0.15, 0.2) is 54.6 Å². The van der Waals surface area contributed by atoms with Gasteiger partial charge in [0.15, 0.2) is 0 Å². The quantitative estimate of drug-likeness (QED) is 0.908. The van der Waals surface area contributed by atoms with E-state index in [9.17, 15) is 4.79 Å². The Kier molecular flexibility index (Phi) is 4.39. The van der Waals surface area contributed by atoms with Crippen molar-refractivity contribution < 1.29 is 14.3 Å². The number of nitrogens with one attached hydrogen (secondary N) is 1. The number of anilines is 1. The molecule has 98 valence electrons. The summed E-state index contributed by atoms with van der Waals surface area (Å²) in [6.45, 7) is 2.49. The third-order valence-corrected chi connectivity index (χ3v) is 2.35. The predicted octanol–water partition coefficient (Wildman–Crippen LogP) is 3.70. The molecular weight excluding hydrogens is 242 g/mol. The zero-order chi connectivity index (χ0) is 13.5. The lowest BCUT2D eigenvalue weighted by atomic mass is 10.3. The van der Waals surface area contributed by atoms with Gasteiger partial charge in [-0.05, 0) is 31.2 Å². The van der Waals surface area contributed by atoms with E-state index in [0.29, 0.717) is 23.8 Å². The summed E-state index contributed by atoms with van der Waals surface area (Å²) in [4.78, 5) is 11.7. The smallest absolute Gasteiger partial charge is 0.417 e. The Balaban J connectivity index is 1.97. The molecule has 0 heterocycles. The molecule has 4 heteroatoms. The second-order valence-corrected chi connectivity index (χ2v) is 3.79. The molecular formula is C15H15NO3. The molecule has 0 aliphatic carbocycles. The van der Waals surface area contributed by atoms with E-state index < -0.39 is 6.09 Å². The van der Waals surface area contributed by atoms with Crippen LogP contribution in [0.3, 0.4) is 0 Å². The monoisotopic (exact) mass is 257 g/mol. The van der Waals surface area contributed by atoms with Gasteiger partial charge in [0.1, 0.15) is 11.5 Å².